The summed E-state index contributed by atoms with van der Waals surface area (Å²) >= 11 is 0. The first-order valence-corrected chi connectivity index (χ1v) is 10.2. The molecule has 4 rings (SSSR count). The highest BCUT2D eigenvalue weighted by Crippen LogP contribution is 2.32. The summed E-state index contributed by atoms with van der Waals surface area (Å²) in [6.07, 6.45) is 1.51. The van der Waals surface area contributed by atoms with Gasteiger partial charge in [0.2, 0.25) is 0 Å². The Morgan fingerprint density at radius 1 is 1.07 bits per heavy atom. The molecule has 1 aromatic heterocycles. The third kappa shape index (κ3) is 4.07. The third-order valence-corrected chi connectivity index (χ3v) is 5.41. The van der Waals surface area contributed by atoms with Crippen molar-refractivity contribution in [2.45, 2.75) is 38.3 Å². The number of carbonyl (C=O) groups is 1. The number of nitrogens with zero attached hydrogens (tertiary/aromatic N) is 3. The van der Waals surface area contributed by atoms with Crippen LogP contribution in [0.2, 0.25) is 0 Å². The van der Waals surface area contributed by atoms with Crippen LogP contribution in [0.5, 0.6) is 5.75 Å². The van der Waals surface area contributed by atoms with Crippen molar-refractivity contribution in [3.8, 4) is 17.1 Å². The number of carbonyl (C=O) groups excluding carboxylic acids is 1. The Morgan fingerprint density at radius 3 is 2.43 bits per heavy atom. The molecular formula is C23H26N4O3. The molecular weight excluding hydrogens is 380 g/mol. The number of aromatic nitrogens is 2. The third-order valence-electron chi connectivity index (χ3n) is 5.41. The maximum atomic E-state index is 12.1. The monoisotopic (exact) mass is 406 g/mol. The van der Waals surface area contributed by atoms with Crippen LogP contribution >= 0.6 is 0 Å². The molecule has 1 amide bonds. The molecule has 0 saturated carbocycles. The number of piperidine rings is 1. The van der Waals surface area contributed by atoms with Crippen LogP contribution in [-0.2, 0) is 4.79 Å². The van der Waals surface area contributed by atoms with Crippen molar-refractivity contribution in [1.82, 2.24) is 15.3 Å². The lowest BCUT2D eigenvalue weighted by molar-refractivity contribution is -0.137. The topological polar surface area (TPSA) is 98.6 Å². The van der Waals surface area contributed by atoms with Crippen LogP contribution < -0.4 is 10.2 Å². The van der Waals surface area contributed by atoms with E-state index >= 15 is 0 Å². The summed E-state index contributed by atoms with van der Waals surface area (Å²) in [5.41, 5.74) is 0.0297. The molecule has 3 N–H and O–H groups in total. The Morgan fingerprint density at radius 2 is 1.73 bits per heavy atom. The SMILES string of the molecule is CC(C)(O)C(=O)NC1CCN(c2nc(-c3ccccc3O)nc3ccccc23)CC1. The molecule has 1 saturated heterocycles. The van der Waals surface area contributed by atoms with Crippen molar-refractivity contribution in [3.05, 3.63) is 48.5 Å². The van der Waals surface area contributed by atoms with E-state index in [9.17, 15) is 15.0 Å². The summed E-state index contributed by atoms with van der Waals surface area (Å²) in [7, 11) is 0. The molecule has 7 nitrogen and oxygen atoms in total. The van der Waals surface area contributed by atoms with Gasteiger partial charge in [0.25, 0.3) is 5.91 Å². The molecule has 0 unspecified atom stereocenters. The van der Waals surface area contributed by atoms with Crippen LogP contribution in [0.3, 0.4) is 0 Å². The predicted octanol–water partition coefficient (Wildman–Crippen LogP) is 2.86. The van der Waals surface area contributed by atoms with Crippen molar-refractivity contribution < 1.29 is 15.0 Å². The zero-order chi connectivity index (χ0) is 21.3. The fourth-order valence-corrected chi connectivity index (χ4v) is 3.68. The van der Waals surface area contributed by atoms with Crippen LogP contribution in [0.15, 0.2) is 48.5 Å². The number of phenols is 1. The lowest BCUT2D eigenvalue weighted by Crippen LogP contribution is -2.50. The largest absolute Gasteiger partial charge is 0.507 e. The van der Waals surface area contributed by atoms with E-state index in [2.05, 4.69) is 15.2 Å². The quantitative estimate of drug-likeness (QED) is 0.616. The maximum Gasteiger partial charge on any atom is 0.251 e. The van der Waals surface area contributed by atoms with Gasteiger partial charge in [0.1, 0.15) is 17.2 Å². The number of para-hydroxylation sites is 2. The van der Waals surface area contributed by atoms with E-state index in [1.54, 1.807) is 12.1 Å². The second kappa shape index (κ2) is 7.91. The smallest absolute Gasteiger partial charge is 0.251 e. The Kier molecular flexibility index (Phi) is 5.30. The number of aliphatic hydroxyl groups is 1. The highest BCUT2D eigenvalue weighted by atomic mass is 16.3. The van der Waals surface area contributed by atoms with Crippen molar-refractivity contribution in [2.24, 2.45) is 0 Å². The molecule has 2 aromatic carbocycles. The second-order valence-corrected chi connectivity index (χ2v) is 8.20. The summed E-state index contributed by atoms with van der Waals surface area (Å²) in [5.74, 6) is 1.10. The normalized spacial score (nSPS) is 15.4. The first kappa shape index (κ1) is 20.1. The fraction of sp³-hybridized carbons (Fsp3) is 0.348. The van der Waals surface area contributed by atoms with E-state index in [1.165, 1.54) is 13.8 Å². The van der Waals surface area contributed by atoms with Crippen molar-refractivity contribution >= 4 is 22.6 Å². The highest BCUT2D eigenvalue weighted by Gasteiger charge is 2.29. The molecule has 3 aromatic rings. The van der Waals surface area contributed by atoms with Gasteiger partial charge in [-0.1, -0.05) is 24.3 Å². The van der Waals surface area contributed by atoms with Gasteiger partial charge in [-0.15, -0.1) is 0 Å². The molecule has 30 heavy (non-hydrogen) atoms. The average molecular weight is 406 g/mol. The number of benzene rings is 2. The Bertz CT molecular complexity index is 1070. The first-order valence-electron chi connectivity index (χ1n) is 10.2. The van der Waals surface area contributed by atoms with Gasteiger partial charge in [0.05, 0.1) is 11.1 Å². The molecule has 7 heteroatoms. The van der Waals surface area contributed by atoms with Gasteiger partial charge in [-0.3, -0.25) is 4.79 Å². The van der Waals surface area contributed by atoms with Crippen LogP contribution in [0.4, 0.5) is 5.82 Å². The number of phenolic OH excluding ortho intramolecular Hbond substituents is 1. The number of rotatable bonds is 4. The number of amides is 1. The Balaban J connectivity index is 1.62. The number of nitrogens with one attached hydrogen (secondary N) is 1. The van der Waals surface area contributed by atoms with Gasteiger partial charge < -0.3 is 20.4 Å². The Hall–Kier alpha value is -3.19. The molecule has 0 bridgehead atoms. The molecule has 0 aliphatic carbocycles. The number of aromatic hydroxyl groups is 1. The first-order chi connectivity index (χ1) is 14.3. The van der Waals surface area contributed by atoms with E-state index in [4.69, 9.17) is 4.98 Å². The number of anilines is 1. The maximum absolute atomic E-state index is 12.1. The van der Waals surface area contributed by atoms with Gasteiger partial charge in [0, 0.05) is 24.5 Å². The summed E-state index contributed by atoms with van der Waals surface area (Å²) in [4.78, 5) is 23.7. The van der Waals surface area contributed by atoms with Crippen LogP contribution in [-0.4, -0.2) is 50.8 Å². The minimum absolute atomic E-state index is 0.0194. The second-order valence-electron chi connectivity index (χ2n) is 8.20. The molecule has 0 radical (unpaired) electrons. The van der Waals surface area contributed by atoms with E-state index in [0.717, 1.165) is 42.7 Å². The minimum atomic E-state index is -1.38. The van der Waals surface area contributed by atoms with E-state index in [0.29, 0.717) is 11.4 Å². The molecule has 2 heterocycles. The van der Waals surface area contributed by atoms with Crippen LogP contribution in [0.25, 0.3) is 22.3 Å². The molecule has 1 fully saturated rings. The van der Waals surface area contributed by atoms with Crippen molar-refractivity contribution in [3.63, 3.8) is 0 Å². The molecule has 0 spiro atoms. The zero-order valence-corrected chi connectivity index (χ0v) is 17.2. The summed E-state index contributed by atoms with van der Waals surface area (Å²) in [6.45, 7) is 4.42. The number of hydrogen-bond donors (Lipinski definition) is 3. The van der Waals surface area contributed by atoms with E-state index < -0.39 is 5.60 Å². The minimum Gasteiger partial charge on any atom is -0.507 e. The van der Waals surface area contributed by atoms with Crippen LogP contribution in [0, 0.1) is 0 Å². The standard InChI is InChI=1S/C23H26N4O3/c1-23(2,30)22(29)24-15-11-13-27(14-12-15)21-16-7-3-5-9-18(16)25-20(26-21)17-8-4-6-10-19(17)28/h3-10,15,28,30H,11-14H2,1-2H3,(H,24,29). The molecule has 1 aliphatic heterocycles. The molecule has 1 aliphatic rings. The van der Waals surface area contributed by atoms with Gasteiger partial charge in [-0.25, -0.2) is 9.97 Å². The lowest BCUT2D eigenvalue weighted by Gasteiger charge is -2.34. The Labute approximate surface area is 175 Å². The lowest BCUT2D eigenvalue weighted by atomic mass is 10.0. The number of hydrogen-bond acceptors (Lipinski definition) is 6. The number of fused-ring (bicyclic) bond motifs is 1. The van der Waals surface area contributed by atoms with Gasteiger partial charge in [0.15, 0.2) is 5.82 Å². The van der Waals surface area contributed by atoms with Gasteiger partial charge in [-0.05, 0) is 51.0 Å². The van der Waals surface area contributed by atoms with Crippen molar-refractivity contribution in [2.75, 3.05) is 18.0 Å². The molecule has 0 atom stereocenters. The summed E-state index contributed by atoms with van der Waals surface area (Å²) in [5, 5.41) is 24.0. The average Bonchev–Trinajstić information content (AvgIpc) is 2.73. The summed E-state index contributed by atoms with van der Waals surface area (Å²) < 4.78 is 0. The predicted molar refractivity (Wildman–Crippen MR) is 116 cm³/mol. The molecule has 156 valence electrons. The van der Waals surface area contributed by atoms with E-state index in [-0.39, 0.29) is 17.7 Å². The fourth-order valence-electron chi connectivity index (χ4n) is 3.68. The van der Waals surface area contributed by atoms with Gasteiger partial charge >= 0.3 is 0 Å². The highest BCUT2D eigenvalue weighted by molar-refractivity contribution is 5.91. The van der Waals surface area contributed by atoms with Gasteiger partial charge in [-0.2, -0.15) is 0 Å². The zero-order valence-electron chi connectivity index (χ0n) is 17.2. The summed E-state index contributed by atoms with van der Waals surface area (Å²) in [6, 6.07) is 14.9. The van der Waals surface area contributed by atoms with Crippen LogP contribution in [0.1, 0.15) is 26.7 Å². The van der Waals surface area contributed by atoms with E-state index in [1.807, 2.05) is 36.4 Å². The van der Waals surface area contributed by atoms with Crippen molar-refractivity contribution in [1.29, 1.82) is 0 Å².